The van der Waals surface area contributed by atoms with Gasteiger partial charge in [-0.3, -0.25) is 4.79 Å². The van der Waals surface area contributed by atoms with E-state index in [0.717, 1.165) is 37.2 Å². The lowest BCUT2D eigenvalue weighted by molar-refractivity contribution is 0.0696. The average Bonchev–Trinajstić information content (AvgIpc) is 2.80. The lowest BCUT2D eigenvalue weighted by Gasteiger charge is -2.41. The molecule has 0 saturated carbocycles. The van der Waals surface area contributed by atoms with Crippen LogP contribution in [0.5, 0.6) is 0 Å². The van der Waals surface area contributed by atoms with Crippen molar-refractivity contribution in [3.05, 3.63) is 59.2 Å². The summed E-state index contributed by atoms with van der Waals surface area (Å²) in [5.41, 5.74) is 3.11. The van der Waals surface area contributed by atoms with E-state index >= 15 is 0 Å². The molecule has 0 unspecified atom stereocenters. The highest BCUT2D eigenvalue weighted by atomic mass is 16.4. The standard InChI is InChI=1S/C25H31N3O3/c1-18-7-3-4-8-21(18)24(29)26-22-17-19(25(30)31)9-10-23(22)28-15-11-20(12-16-28)27-13-5-2-6-14-27/h3-4,7-10,17,20H,2,5-6,11-16H2,1H3,(H,26,29)(H,30,31). The number of likely N-dealkylation sites (tertiary alicyclic amines) is 1. The minimum absolute atomic E-state index is 0.173. The molecular formula is C25H31N3O3. The van der Waals surface area contributed by atoms with Gasteiger partial charge in [0.2, 0.25) is 0 Å². The number of hydrogen-bond acceptors (Lipinski definition) is 4. The molecule has 2 saturated heterocycles. The zero-order valence-electron chi connectivity index (χ0n) is 18.1. The van der Waals surface area contributed by atoms with Crippen LogP contribution in [-0.4, -0.2) is 54.1 Å². The molecule has 2 N–H and O–H groups in total. The second-order valence-electron chi connectivity index (χ2n) is 8.62. The maximum Gasteiger partial charge on any atom is 0.335 e. The lowest BCUT2D eigenvalue weighted by Crippen LogP contribution is -2.46. The molecule has 1 amide bonds. The zero-order valence-corrected chi connectivity index (χ0v) is 18.1. The first-order valence-corrected chi connectivity index (χ1v) is 11.3. The van der Waals surface area contributed by atoms with Crippen molar-refractivity contribution in [3.8, 4) is 0 Å². The Labute approximate surface area is 183 Å². The number of piperidine rings is 2. The van der Waals surface area contributed by atoms with Crippen molar-refractivity contribution in [2.45, 2.75) is 45.1 Å². The fourth-order valence-corrected chi connectivity index (χ4v) is 4.82. The van der Waals surface area contributed by atoms with E-state index in [0.29, 0.717) is 17.3 Å². The number of anilines is 2. The highest BCUT2D eigenvalue weighted by Crippen LogP contribution is 2.32. The van der Waals surface area contributed by atoms with E-state index in [1.807, 2.05) is 31.2 Å². The number of benzene rings is 2. The Morgan fingerprint density at radius 3 is 2.35 bits per heavy atom. The molecule has 164 valence electrons. The van der Waals surface area contributed by atoms with E-state index in [1.54, 1.807) is 18.2 Å². The van der Waals surface area contributed by atoms with E-state index in [2.05, 4.69) is 15.1 Å². The van der Waals surface area contributed by atoms with Gasteiger partial charge in [0, 0.05) is 24.7 Å². The molecule has 2 aliphatic rings. The van der Waals surface area contributed by atoms with Gasteiger partial charge in [-0.1, -0.05) is 24.6 Å². The summed E-state index contributed by atoms with van der Waals surface area (Å²) in [5.74, 6) is -1.22. The molecule has 2 aliphatic heterocycles. The lowest BCUT2D eigenvalue weighted by atomic mass is 9.99. The highest BCUT2D eigenvalue weighted by molar-refractivity contribution is 6.07. The quantitative estimate of drug-likeness (QED) is 0.749. The fourth-order valence-electron chi connectivity index (χ4n) is 4.82. The van der Waals surface area contributed by atoms with Crippen molar-refractivity contribution in [2.75, 3.05) is 36.4 Å². The molecule has 2 aromatic carbocycles. The van der Waals surface area contributed by atoms with Crippen molar-refractivity contribution in [1.29, 1.82) is 0 Å². The number of hydrogen-bond donors (Lipinski definition) is 2. The Hall–Kier alpha value is -2.86. The van der Waals surface area contributed by atoms with Crippen molar-refractivity contribution in [2.24, 2.45) is 0 Å². The number of nitrogens with one attached hydrogen (secondary N) is 1. The SMILES string of the molecule is Cc1ccccc1C(=O)Nc1cc(C(=O)O)ccc1N1CCC(N2CCCCC2)CC1. The summed E-state index contributed by atoms with van der Waals surface area (Å²) in [6, 6.07) is 13.1. The van der Waals surface area contributed by atoms with Gasteiger partial charge in [0.15, 0.2) is 0 Å². The Kier molecular flexibility index (Phi) is 6.56. The molecule has 0 aliphatic carbocycles. The third kappa shape index (κ3) is 4.90. The summed E-state index contributed by atoms with van der Waals surface area (Å²) in [6.07, 6.45) is 6.12. The molecule has 31 heavy (non-hydrogen) atoms. The Bertz CT molecular complexity index is 945. The fraction of sp³-hybridized carbons (Fsp3) is 0.440. The van der Waals surface area contributed by atoms with Gasteiger partial charge in [0.1, 0.15) is 0 Å². The van der Waals surface area contributed by atoms with E-state index < -0.39 is 5.97 Å². The van der Waals surface area contributed by atoms with Gasteiger partial charge in [-0.25, -0.2) is 4.79 Å². The largest absolute Gasteiger partial charge is 0.478 e. The first-order valence-electron chi connectivity index (χ1n) is 11.3. The van der Waals surface area contributed by atoms with Gasteiger partial charge in [0.25, 0.3) is 5.91 Å². The van der Waals surface area contributed by atoms with Crippen LogP contribution in [0.4, 0.5) is 11.4 Å². The predicted octanol–water partition coefficient (Wildman–Crippen LogP) is 4.40. The molecule has 0 atom stereocenters. The number of aryl methyl sites for hydroxylation is 1. The Morgan fingerprint density at radius 1 is 0.968 bits per heavy atom. The van der Waals surface area contributed by atoms with Crippen molar-refractivity contribution < 1.29 is 14.7 Å². The predicted molar refractivity (Wildman–Crippen MR) is 123 cm³/mol. The van der Waals surface area contributed by atoms with Gasteiger partial charge in [-0.2, -0.15) is 0 Å². The van der Waals surface area contributed by atoms with Gasteiger partial charge in [-0.05, 0) is 75.5 Å². The van der Waals surface area contributed by atoms with E-state index in [9.17, 15) is 14.7 Å². The van der Waals surface area contributed by atoms with Gasteiger partial charge in [-0.15, -0.1) is 0 Å². The molecule has 0 spiro atoms. The smallest absolute Gasteiger partial charge is 0.335 e. The first-order chi connectivity index (χ1) is 15.0. The van der Waals surface area contributed by atoms with Crippen molar-refractivity contribution in [3.63, 3.8) is 0 Å². The van der Waals surface area contributed by atoms with Crippen LogP contribution in [0.25, 0.3) is 0 Å². The molecule has 0 bridgehead atoms. The maximum absolute atomic E-state index is 12.9. The molecule has 0 radical (unpaired) electrons. The molecule has 2 fully saturated rings. The summed E-state index contributed by atoms with van der Waals surface area (Å²) in [5, 5.41) is 12.4. The molecule has 6 heteroatoms. The Morgan fingerprint density at radius 2 is 1.68 bits per heavy atom. The zero-order chi connectivity index (χ0) is 21.8. The van der Waals surface area contributed by atoms with E-state index in [4.69, 9.17) is 0 Å². The van der Waals surface area contributed by atoms with Gasteiger partial charge < -0.3 is 20.2 Å². The number of carboxylic acid groups (broad SMARTS) is 1. The number of aromatic carboxylic acids is 1. The minimum atomic E-state index is -0.998. The summed E-state index contributed by atoms with van der Waals surface area (Å²) in [4.78, 5) is 29.4. The summed E-state index contributed by atoms with van der Waals surface area (Å²) in [6.45, 7) is 6.11. The van der Waals surface area contributed by atoms with E-state index in [1.165, 1.54) is 32.4 Å². The van der Waals surface area contributed by atoms with Crippen LogP contribution in [0.3, 0.4) is 0 Å². The van der Waals surface area contributed by atoms with Gasteiger partial charge >= 0.3 is 5.97 Å². The number of carbonyl (C=O) groups is 2. The molecule has 2 heterocycles. The number of nitrogens with zero attached hydrogens (tertiary/aromatic N) is 2. The molecule has 2 aromatic rings. The van der Waals surface area contributed by atoms with Crippen molar-refractivity contribution >= 4 is 23.3 Å². The molecule has 4 rings (SSSR count). The van der Waals surface area contributed by atoms with Crippen LogP contribution in [0.1, 0.15) is 58.4 Å². The van der Waals surface area contributed by atoms with Gasteiger partial charge in [0.05, 0.1) is 16.9 Å². The minimum Gasteiger partial charge on any atom is -0.478 e. The molecule has 0 aromatic heterocycles. The maximum atomic E-state index is 12.9. The number of carbonyl (C=O) groups excluding carboxylic acids is 1. The molecule has 6 nitrogen and oxygen atoms in total. The highest BCUT2D eigenvalue weighted by Gasteiger charge is 2.27. The van der Waals surface area contributed by atoms with Crippen molar-refractivity contribution in [1.82, 2.24) is 4.90 Å². The topological polar surface area (TPSA) is 72.9 Å². The summed E-state index contributed by atoms with van der Waals surface area (Å²) in [7, 11) is 0. The third-order valence-corrected chi connectivity index (χ3v) is 6.59. The van der Waals surface area contributed by atoms with Crippen LogP contribution < -0.4 is 10.2 Å². The number of amides is 1. The average molecular weight is 422 g/mol. The second kappa shape index (κ2) is 9.52. The number of rotatable bonds is 5. The summed E-state index contributed by atoms with van der Waals surface area (Å²) < 4.78 is 0. The first kappa shape index (κ1) is 21.4. The van der Waals surface area contributed by atoms with Crippen LogP contribution in [0, 0.1) is 6.92 Å². The van der Waals surface area contributed by atoms with Crippen LogP contribution in [0.15, 0.2) is 42.5 Å². The van der Waals surface area contributed by atoms with E-state index in [-0.39, 0.29) is 11.5 Å². The Balaban J connectivity index is 1.53. The van der Waals surface area contributed by atoms with Crippen LogP contribution >= 0.6 is 0 Å². The number of carboxylic acids is 1. The van der Waals surface area contributed by atoms with Crippen LogP contribution in [-0.2, 0) is 0 Å². The van der Waals surface area contributed by atoms with Crippen LogP contribution in [0.2, 0.25) is 0 Å². The summed E-state index contributed by atoms with van der Waals surface area (Å²) >= 11 is 0. The monoisotopic (exact) mass is 421 g/mol. The second-order valence-corrected chi connectivity index (χ2v) is 8.62. The normalized spacial score (nSPS) is 18.0. The third-order valence-electron chi connectivity index (χ3n) is 6.59. The molecular weight excluding hydrogens is 390 g/mol.